The molecular formula is C20H21FN2OS. The van der Waals surface area contributed by atoms with Gasteiger partial charge in [-0.15, -0.1) is 11.8 Å². The minimum Gasteiger partial charge on any atom is -0.311 e. The van der Waals surface area contributed by atoms with Crippen molar-refractivity contribution in [2.75, 3.05) is 17.2 Å². The standard InChI is InChI=1S/C20H21FN2OS/c1-14-11-15(2)20(16(3)12-14)25-13-19(24)23(10-4-9-22)18-7-5-17(21)6-8-18/h5-8,11-12H,4,10,13H2,1-3H3. The predicted molar refractivity (Wildman–Crippen MR) is 100 cm³/mol. The lowest BCUT2D eigenvalue weighted by Gasteiger charge is -2.22. The summed E-state index contributed by atoms with van der Waals surface area (Å²) in [6.07, 6.45) is 0.233. The van der Waals surface area contributed by atoms with Crippen LogP contribution in [0.3, 0.4) is 0 Å². The lowest BCUT2D eigenvalue weighted by molar-refractivity contribution is -0.116. The van der Waals surface area contributed by atoms with E-state index in [0.29, 0.717) is 12.2 Å². The maximum absolute atomic E-state index is 13.1. The maximum Gasteiger partial charge on any atom is 0.237 e. The minimum absolute atomic E-state index is 0.0915. The van der Waals surface area contributed by atoms with E-state index in [1.807, 2.05) is 13.8 Å². The Balaban J connectivity index is 2.15. The van der Waals surface area contributed by atoms with Gasteiger partial charge in [-0.3, -0.25) is 4.79 Å². The van der Waals surface area contributed by atoms with Crippen molar-refractivity contribution in [1.29, 1.82) is 5.26 Å². The summed E-state index contributed by atoms with van der Waals surface area (Å²) in [5.41, 5.74) is 4.12. The fourth-order valence-corrected chi connectivity index (χ4v) is 3.78. The van der Waals surface area contributed by atoms with Crippen LogP contribution in [0.15, 0.2) is 41.3 Å². The Morgan fingerprint density at radius 1 is 1.16 bits per heavy atom. The molecule has 5 heteroatoms. The van der Waals surface area contributed by atoms with Gasteiger partial charge in [-0.2, -0.15) is 5.26 Å². The van der Waals surface area contributed by atoms with Gasteiger partial charge in [0.05, 0.1) is 18.2 Å². The molecule has 0 saturated heterocycles. The van der Waals surface area contributed by atoms with Crippen LogP contribution < -0.4 is 4.90 Å². The van der Waals surface area contributed by atoms with Gasteiger partial charge in [-0.1, -0.05) is 17.7 Å². The Labute approximate surface area is 152 Å². The van der Waals surface area contributed by atoms with Crippen LogP contribution in [0.25, 0.3) is 0 Å². The largest absolute Gasteiger partial charge is 0.311 e. The molecule has 0 fully saturated rings. The number of hydrogen-bond acceptors (Lipinski definition) is 3. The van der Waals surface area contributed by atoms with Crippen LogP contribution in [0.4, 0.5) is 10.1 Å². The molecule has 0 atom stereocenters. The van der Waals surface area contributed by atoms with Gasteiger partial charge in [0.2, 0.25) is 5.91 Å². The van der Waals surface area contributed by atoms with E-state index in [0.717, 1.165) is 16.0 Å². The number of benzene rings is 2. The molecule has 0 aliphatic heterocycles. The summed E-state index contributed by atoms with van der Waals surface area (Å²) in [4.78, 5) is 15.4. The number of thioether (sulfide) groups is 1. The van der Waals surface area contributed by atoms with Crippen LogP contribution in [-0.2, 0) is 4.79 Å². The molecule has 25 heavy (non-hydrogen) atoms. The Hall–Kier alpha value is -2.32. The van der Waals surface area contributed by atoms with Crippen LogP contribution in [0.2, 0.25) is 0 Å². The van der Waals surface area contributed by atoms with E-state index < -0.39 is 0 Å². The summed E-state index contributed by atoms with van der Waals surface area (Å²) in [6.45, 7) is 6.44. The first kappa shape index (κ1) is 19.0. The maximum atomic E-state index is 13.1. The number of amides is 1. The molecule has 3 nitrogen and oxygen atoms in total. The number of carbonyl (C=O) groups is 1. The van der Waals surface area contributed by atoms with Gasteiger partial charge < -0.3 is 4.90 Å². The van der Waals surface area contributed by atoms with Crippen molar-refractivity contribution in [1.82, 2.24) is 0 Å². The zero-order valence-corrected chi connectivity index (χ0v) is 15.5. The second-order valence-corrected chi connectivity index (χ2v) is 6.93. The third kappa shape index (κ3) is 5.07. The summed E-state index contributed by atoms with van der Waals surface area (Å²) in [7, 11) is 0. The van der Waals surface area contributed by atoms with Crippen LogP contribution in [0, 0.1) is 37.9 Å². The van der Waals surface area contributed by atoms with Gasteiger partial charge in [0.15, 0.2) is 0 Å². The fraction of sp³-hybridized carbons (Fsp3) is 0.300. The zero-order valence-electron chi connectivity index (χ0n) is 14.7. The highest BCUT2D eigenvalue weighted by atomic mass is 32.2. The average molecular weight is 356 g/mol. The molecule has 0 aliphatic carbocycles. The van der Waals surface area contributed by atoms with E-state index in [2.05, 4.69) is 25.1 Å². The quantitative estimate of drug-likeness (QED) is 0.699. The molecule has 0 spiro atoms. The molecular weight excluding hydrogens is 335 g/mol. The van der Waals surface area contributed by atoms with Gasteiger partial charge in [0, 0.05) is 17.1 Å². The Bertz CT molecular complexity index is 773. The van der Waals surface area contributed by atoms with E-state index in [4.69, 9.17) is 5.26 Å². The summed E-state index contributed by atoms with van der Waals surface area (Å²) < 4.78 is 13.1. The summed E-state index contributed by atoms with van der Waals surface area (Å²) in [5.74, 6) is -0.170. The van der Waals surface area contributed by atoms with Crippen molar-refractivity contribution >= 4 is 23.4 Å². The Morgan fingerprint density at radius 3 is 2.32 bits per heavy atom. The van der Waals surface area contributed by atoms with E-state index >= 15 is 0 Å². The average Bonchev–Trinajstić information content (AvgIpc) is 2.55. The number of aryl methyl sites for hydroxylation is 3. The highest BCUT2D eigenvalue weighted by molar-refractivity contribution is 8.00. The van der Waals surface area contributed by atoms with Crippen molar-refractivity contribution in [3.05, 3.63) is 58.9 Å². The number of nitriles is 1. The molecule has 0 heterocycles. The van der Waals surface area contributed by atoms with Crippen molar-refractivity contribution in [2.24, 2.45) is 0 Å². The van der Waals surface area contributed by atoms with Crippen molar-refractivity contribution in [3.63, 3.8) is 0 Å². The molecule has 0 N–H and O–H groups in total. The third-order valence-electron chi connectivity index (χ3n) is 3.83. The Kier molecular flexibility index (Phi) is 6.60. The predicted octanol–water partition coefficient (Wildman–Crippen LogP) is 4.79. The van der Waals surface area contributed by atoms with Crippen molar-refractivity contribution < 1.29 is 9.18 Å². The number of hydrogen-bond donors (Lipinski definition) is 0. The summed E-state index contributed by atoms with van der Waals surface area (Å²) >= 11 is 1.50. The van der Waals surface area contributed by atoms with Gasteiger partial charge >= 0.3 is 0 Å². The van der Waals surface area contributed by atoms with Crippen LogP contribution in [0.1, 0.15) is 23.1 Å². The Morgan fingerprint density at radius 2 is 1.76 bits per heavy atom. The molecule has 0 bridgehead atoms. The number of anilines is 1. The molecule has 0 unspecified atom stereocenters. The second kappa shape index (κ2) is 8.68. The first-order valence-corrected chi connectivity index (χ1v) is 9.04. The molecule has 2 aromatic carbocycles. The lowest BCUT2D eigenvalue weighted by atomic mass is 10.1. The van der Waals surface area contributed by atoms with Crippen LogP contribution in [0.5, 0.6) is 0 Å². The normalized spacial score (nSPS) is 10.4. The zero-order chi connectivity index (χ0) is 18.4. The van der Waals surface area contributed by atoms with Crippen molar-refractivity contribution in [3.8, 4) is 6.07 Å². The smallest absolute Gasteiger partial charge is 0.237 e. The van der Waals surface area contributed by atoms with E-state index in [-0.39, 0.29) is 23.9 Å². The van der Waals surface area contributed by atoms with Crippen molar-refractivity contribution in [2.45, 2.75) is 32.1 Å². The second-order valence-electron chi connectivity index (χ2n) is 5.95. The van der Waals surface area contributed by atoms with E-state index in [1.165, 1.54) is 29.5 Å². The highest BCUT2D eigenvalue weighted by Crippen LogP contribution is 2.28. The molecule has 1 amide bonds. The van der Waals surface area contributed by atoms with Gasteiger partial charge in [-0.25, -0.2) is 4.39 Å². The van der Waals surface area contributed by atoms with Gasteiger partial charge in [0.1, 0.15) is 5.82 Å². The monoisotopic (exact) mass is 356 g/mol. The highest BCUT2D eigenvalue weighted by Gasteiger charge is 2.17. The molecule has 130 valence electrons. The molecule has 0 radical (unpaired) electrons. The molecule has 0 aromatic heterocycles. The van der Waals surface area contributed by atoms with Gasteiger partial charge in [-0.05, 0) is 56.2 Å². The van der Waals surface area contributed by atoms with Crippen LogP contribution >= 0.6 is 11.8 Å². The SMILES string of the molecule is Cc1cc(C)c(SCC(=O)N(CCC#N)c2ccc(F)cc2)c(C)c1. The van der Waals surface area contributed by atoms with E-state index in [9.17, 15) is 9.18 Å². The number of carbonyl (C=O) groups excluding carboxylic acids is 1. The number of rotatable bonds is 6. The molecule has 0 saturated carbocycles. The molecule has 0 aliphatic rings. The van der Waals surface area contributed by atoms with E-state index in [1.54, 1.807) is 17.0 Å². The third-order valence-corrected chi connectivity index (χ3v) is 5.16. The van der Waals surface area contributed by atoms with Gasteiger partial charge in [0.25, 0.3) is 0 Å². The minimum atomic E-state index is -0.350. The first-order valence-electron chi connectivity index (χ1n) is 8.06. The number of halogens is 1. The number of nitrogens with zero attached hydrogens (tertiary/aromatic N) is 2. The molecule has 2 rings (SSSR count). The molecule has 2 aromatic rings. The first-order chi connectivity index (χ1) is 11.9. The topological polar surface area (TPSA) is 44.1 Å². The summed E-state index contributed by atoms with van der Waals surface area (Å²) in [6, 6.07) is 12.0. The van der Waals surface area contributed by atoms with Crippen LogP contribution in [-0.4, -0.2) is 18.2 Å². The lowest BCUT2D eigenvalue weighted by Crippen LogP contribution is -2.33. The fourth-order valence-electron chi connectivity index (χ4n) is 2.79. The summed E-state index contributed by atoms with van der Waals surface area (Å²) in [5, 5.41) is 8.84.